The molecule has 0 aromatic carbocycles. The molecule has 7 nitrogen and oxygen atoms in total. The molecule has 0 bridgehead atoms. The molecule has 1 fully saturated rings. The lowest BCUT2D eigenvalue weighted by atomic mass is 10.3. The first-order valence-electron chi connectivity index (χ1n) is 5.17. The largest absolute Gasteiger partial charge is 0.480 e. The zero-order valence-electron chi connectivity index (χ0n) is 8.92. The number of carboxylic acid groups (broad SMARTS) is 1. The number of nitrogens with one attached hydrogen (secondary N) is 1. The van der Waals surface area contributed by atoms with Gasteiger partial charge in [0.2, 0.25) is 0 Å². The van der Waals surface area contributed by atoms with Crippen molar-refractivity contribution < 1.29 is 14.7 Å². The second-order valence-corrected chi connectivity index (χ2v) is 3.86. The SMILES string of the molecule is O=C(O)Cn1nc(C(=O)NC2CC2)ccc1=O. The van der Waals surface area contributed by atoms with Crippen LogP contribution >= 0.6 is 0 Å². The third kappa shape index (κ3) is 2.90. The fourth-order valence-electron chi connectivity index (χ4n) is 1.30. The molecule has 1 aliphatic carbocycles. The average Bonchev–Trinajstić information content (AvgIpc) is 3.04. The van der Waals surface area contributed by atoms with Crippen molar-refractivity contribution in [1.82, 2.24) is 15.1 Å². The molecule has 1 amide bonds. The van der Waals surface area contributed by atoms with Gasteiger partial charge in [-0.15, -0.1) is 0 Å². The summed E-state index contributed by atoms with van der Waals surface area (Å²) in [6.07, 6.45) is 1.89. The van der Waals surface area contributed by atoms with E-state index >= 15 is 0 Å². The highest BCUT2D eigenvalue weighted by Gasteiger charge is 2.24. The van der Waals surface area contributed by atoms with Crippen LogP contribution in [0.5, 0.6) is 0 Å². The van der Waals surface area contributed by atoms with E-state index in [0.717, 1.165) is 23.6 Å². The molecule has 2 N–H and O–H groups in total. The predicted molar refractivity (Wildman–Crippen MR) is 56.6 cm³/mol. The van der Waals surface area contributed by atoms with Crippen LogP contribution < -0.4 is 10.9 Å². The Hall–Kier alpha value is -2.18. The Balaban J connectivity index is 2.19. The zero-order chi connectivity index (χ0) is 12.4. The molecule has 0 radical (unpaired) electrons. The number of carbonyl (C=O) groups is 2. The minimum absolute atomic E-state index is 0.0535. The Kier molecular flexibility index (Phi) is 2.90. The van der Waals surface area contributed by atoms with Crippen molar-refractivity contribution in [1.29, 1.82) is 0 Å². The van der Waals surface area contributed by atoms with Gasteiger partial charge >= 0.3 is 5.97 Å². The second kappa shape index (κ2) is 4.36. The minimum Gasteiger partial charge on any atom is -0.480 e. The topological polar surface area (TPSA) is 101 Å². The Morgan fingerprint density at radius 3 is 2.76 bits per heavy atom. The number of hydrogen-bond acceptors (Lipinski definition) is 4. The van der Waals surface area contributed by atoms with Crippen molar-refractivity contribution >= 4 is 11.9 Å². The highest BCUT2D eigenvalue weighted by molar-refractivity contribution is 5.92. The summed E-state index contributed by atoms with van der Waals surface area (Å²) in [4.78, 5) is 33.4. The second-order valence-electron chi connectivity index (χ2n) is 3.86. The summed E-state index contributed by atoms with van der Waals surface area (Å²) >= 11 is 0. The first-order valence-corrected chi connectivity index (χ1v) is 5.17. The lowest BCUT2D eigenvalue weighted by molar-refractivity contribution is -0.138. The van der Waals surface area contributed by atoms with Gasteiger partial charge in [0.1, 0.15) is 12.2 Å². The third-order valence-corrected chi connectivity index (χ3v) is 2.30. The molecule has 1 aliphatic rings. The monoisotopic (exact) mass is 237 g/mol. The maximum atomic E-state index is 11.6. The van der Waals surface area contributed by atoms with Gasteiger partial charge in [-0.1, -0.05) is 0 Å². The van der Waals surface area contributed by atoms with Crippen molar-refractivity contribution in [2.75, 3.05) is 0 Å². The summed E-state index contributed by atoms with van der Waals surface area (Å²) in [5.74, 6) is -1.56. The molecule has 0 saturated heterocycles. The van der Waals surface area contributed by atoms with Crippen LogP contribution in [-0.4, -0.2) is 32.8 Å². The Labute approximate surface area is 96.1 Å². The number of carbonyl (C=O) groups excluding carboxylic acids is 1. The van der Waals surface area contributed by atoms with Crippen LogP contribution in [0.15, 0.2) is 16.9 Å². The van der Waals surface area contributed by atoms with Gasteiger partial charge in [0, 0.05) is 12.1 Å². The smallest absolute Gasteiger partial charge is 0.325 e. The molecule has 0 aliphatic heterocycles. The zero-order valence-corrected chi connectivity index (χ0v) is 8.92. The number of carboxylic acids is 1. The quantitative estimate of drug-likeness (QED) is 0.715. The number of rotatable bonds is 4. The molecule has 17 heavy (non-hydrogen) atoms. The van der Waals surface area contributed by atoms with Gasteiger partial charge in [-0.25, -0.2) is 4.68 Å². The molecule has 0 unspecified atom stereocenters. The summed E-state index contributed by atoms with van der Waals surface area (Å²) in [7, 11) is 0. The number of aromatic nitrogens is 2. The standard InChI is InChI=1S/C10H11N3O4/c14-8-4-3-7(10(17)11-6-1-2-6)12-13(8)5-9(15)16/h3-4,6H,1-2,5H2,(H,11,17)(H,15,16). The van der Waals surface area contributed by atoms with Gasteiger partial charge in [0.05, 0.1) is 0 Å². The van der Waals surface area contributed by atoms with Gasteiger partial charge in [-0.3, -0.25) is 14.4 Å². The molecule has 0 atom stereocenters. The number of amides is 1. The van der Waals surface area contributed by atoms with E-state index in [1.54, 1.807) is 0 Å². The van der Waals surface area contributed by atoms with Crippen molar-refractivity contribution in [2.45, 2.75) is 25.4 Å². The molecule has 1 aromatic rings. The first kappa shape index (κ1) is 11.3. The van der Waals surface area contributed by atoms with E-state index in [-0.39, 0.29) is 17.6 Å². The minimum atomic E-state index is -1.18. The van der Waals surface area contributed by atoms with Crippen LogP contribution in [0.4, 0.5) is 0 Å². The fraction of sp³-hybridized carbons (Fsp3) is 0.400. The first-order chi connectivity index (χ1) is 8.06. The van der Waals surface area contributed by atoms with Crippen molar-refractivity contribution in [3.8, 4) is 0 Å². The molecular formula is C10H11N3O4. The maximum Gasteiger partial charge on any atom is 0.325 e. The maximum absolute atomic E-state index is 11.6. The third-order valence-electron chi connectivity index (χ3n) is 2.30. The Morgan fingerprint density at radius 2 is 2.18 bits per heavy atom. The summed E-state index contributed by atoms with van der Waals surface area (Å²) in [5, 5.41) is 15.0. The number of nitrogens with zero attached hydrogens (tertiary/aromatic N) is 2. The van der Waals surface area contributed by atoms with E-state index in [2.05, 4.69) is 10.4 Å². The van der Waals surface area contributed by atoms with Crippen molar-refractivity contribution in [3.63, 3.8) is 0 Å². The predicted octanol–water partition coefficient (Wildman–Crippen LogP) is -0.780. The number of aliphatic carboxylic acids is 1. The van der Waals surface area contributed by atoms with Gasteiger partial charge in [-0.2, -0.15) is 5.10 Å². The highest BCUT2D eigenvalue weighted by atomic mass is 16.4. The molecule has 0 spiro atoms. The lowest BCUT2D eigenvalue weighted by Gasteiger charge is -2.05. The van der Waals surface area contributed by atoms with Gasteiger partial charge in [-0.05, 0) is 18.9 Å². The number of hydrogen-bond donors (Lipinski definition) is 2. The molecule has 7 heteroatoms. The Bertz CT molecular complexity index is 519. The van der Waals surface area contributed by atoms with Gasteiger partial charge < -0.3 is 10.4 Å². The Morgan fingerprint density at radius 1 is 1.47 bits per heavy atom. The molecule has 1 aromatic heterocycles. The van der Waals surface area contributed by atoms with E-state index < -0.39 is 18.1 Å². The summed E-state index contributed by atoms with van der Waals surface area (Å²) < 4.78 is 0.754. The van der Waals surface area contributed by atoms with E-state index in [1.807, 2.05) is 0 Å². The summed E-state index contributed by atoms with van der Waals surface area (Å²) in [6, 6.07) is 2.61. The van der Waals surface area contributed by atoms with Gasteiger partial charge in [0.15, 0.2) is 0 Å². The van der Waals surface area contributed by atoms with E-state index in [1.165, 1.54) is 6.07 Å². The van der Waals surface area contributed by atoms with Gasteiger partial charge in [0.25, 0.3) is 11.5 Å². The average molecular weight is 237 g/mol. The van der Waals surface area contributed by atoms with Crippen LogP contribution in [0.1, 0.15) is 23.3 Å². The van der Waals surface area contributed by atoms with Crippen LogP contribution in [0.3, 0.4) is 0 Å². The van der Waals surface area contributed by atoms with E-state index in [0.29, 0.717) is 0 Å². The van der Waals surface area contributed by atoms with E-state index in [4.69, 9.17) is 5.11 Å². The van der Waals surface area contributed by atoms with Crippen molar-refractivity contribution in [2.24, 2.45) is 0 Å². The molecule has 1 saturated carbocycles. The normalized spacial score (nSPS) is 14.4. The lowest BCUT2D eigenvalue weighted by Crippen LogP contribution is -2.32. The fourth-order valence-corrected chi connectivity index (χ4v) is 1.30. The van der Waals surface area contributed by atoms with E-state index in [9.17, 15) is 14.4 Å². The summed E-state index contributed by atoms with van der Waals surface area (Å²) in [6.45, 7) is -0.552. The van der Waals surface area contributed by atoms with Crippen LogP contribution in [-0.2, 0) is 11.3 Å². The molecule has 1 heterocycles. The van der Waals surface area contributed by atoms with Crippen LogP contribution in [0.25, 0.3) is 0 Å². The summed E-state index contributed by atoms with van der Waals surface area (Å²) in [5.41, 5.74) is -0.492. The highest BCUT2D eigenvalue weighted by Crippen LogP contribution is 2.18. The molecule has 90 valence electrons. The molecule has 2 rings (SSSR count). The van der Waals surface area contributed by atoms with Crippen LogP contribution in [0.2, 0.25) is 0 Å². The molecular weight excluding hydrogens is 226 g/mol. The van der Waals surface area contributed by atoms with Crippen molar-refractivity contribution in [3.05, 3.63) is 28.2 Å². The van der Waals surface area contributed by atoms with Crippen LogP contribution in [0, 0.1) is 0 Å².